The molecule has 0 bridgehead atoms. The van der Waals surface area contributed by atoms with Crippen molar-refractivity contribution < 1.29 is 35.9 Å². The first-order valence-electron chi connectivity index (χ1n) is 8.31. The summed E-state index contributed by atoms with van der Waals surface area (Å²) < 4.78 is 76.6. The van der Waals surface area contributed by atoms with E-state index in [1.54, 1.807) is 12.1 Å². The number of amides is 1. The number of anilines is 1. The highest BCUT2D eigenvalue weighted by Gasteiger charge is 2.27. The average Bonchev–Trinajstić information content (AvgIpc) is 3.17. The lowest BCUT2D eigenvalue weighted by molar-refractivity contribution is 0.0992. The normalized spacial score (nSPS) is 10.9. The molecule has 0 saturated heterocycles. The Kier molecular flexibility index (Phi) is 5.58. The molecular weight excluding hydrogens is 397 g/mol. The summed E-state index contributed by atoms with van der Waals surface area (Å²) >= 11 is 0. The van der Waals surface area contributed by atoms with Gasteiger partial charge in [-0.1, -0.05) is 12.1 Å². The first-order chi connectivity index (χ1) is 13.7. The minimum atomic E-state index is -2.28. The van der Waals surface area contributed by atoms with Gasteiger partial charge in [0.2, 0.25) is 29.1 Å². The number of hydrogen-bond acceptors (Lipinski definition) is 3. The number of carbonyl (C=O) groups is 1. The van der Waals surface area contributed by atoms with Crippen molar-refractivity contribution >= 4 is 11.6 Å². The van der Waals surface area contributed by atoms with Gasteiger partial charge in [0.25, 0.3) is 5.91 Å². The highest BCUT2D eigenvalue weighted by Crippen LogP contribution is 2.30. The van der Waals surface area contributed by atoms with E-state index in [0.717, 1.165) is 11.1 Å². The second-order valence-corrected chi connectivity index (χ2v) is 6.16. The largest absolute Gasteiger partial charge is 0.479 e. The van der Waals surface area contributed by atoms with Gasteiger partial charge < -0.3 is 14.5 Å². The van der Waals surface area contributed by atoms with E-state index in [2.05, 4.69) is 5.32 Å². The van der Waals surface area contributed by atoms with Crippen LogP contribution in [0, 0.1) is 42.9 Å². The Morgan fingerprint density at radius 2 is 1.55 bits per heavy atom. The van der Waals surface area contributed by atoms with Crippen LogP contribution in [0.5, 0.6) is 5.75 Å². The summed E-state index contributed by atoms with van der Waals surface area (Å²) in [5.41, 5.74) is 2.41. The zero-order valence-corrected chi connectivity index (χ0v) is 15.2. The standard InChI is InChI=1S/C20H14F5NO3/c1-9-4-3-5-12(10(9)2)26-20(27)13-7-6-11(29-13)8-28-19-17(24)15(22)14(21)16(23)18(19)25/h3-7H,8H2,1-2H3,(H,26,27). The summed E-state index contributed by atoms with van der Waals surface area (Å²) in [4.78, 5) is 12.3. The molecule has 4 nitrogen and oxygen atoms in total. The summed E-state index contributed by atoms with van der Waals surface area (Å²) in [5, 5.41) is 2.66. The number of ether oxygens (including phenoxy) is 1. The third-order valence-corrected chi connectivity index (χ3v) is 4.27. The number of halogens is 5. The van der Waals surface area contributed by atoms with Crippen LogP contribution in [-0.4, -0.2) is 5.91 Å². The highest BCUT2D eigenvalue weighted by atomic mass is 19.2. The number of carbonyl (C=O) groups excluding carboxylic acids is 1. The summed E-state index contributed by atoms with van der Waals surface area (Å²) in [5.74, 6) is -12.9. The molecule has 1 N–H and O–H groups in total. The zero-order chi connectivity index (χ0) is 21.3. The number of aryl methyl sites for hydroxylation is 1. The monoisotopic (exact) mass is 411 g/mol. The molecule has 0 aliphatic carbocycles. The lowest BCUT2D eigenvalue weighted by Crippen LogP contribution is -2.12. The Hall–Kier alpha value is -3.36. The Balaban J connectivity index is 1.73. The van der Waals surface area contributed by atoms with Crippen molar-refractivity contribution in [3.63, 3.8) is 0 Å². The predicted octanol–water partition coefficient (Wildman–Crippen LogP) is 5.42. The minimum absolute atomic E-state index is 0.0555. The van der Waals surface area contributed by atoms with Crippen LogP contribution in [0.4, 0.5) is 27.6 Å². The molecule has 29 heavy (non-hydrogen) atoms. The maximum absolute atomic E-state index is 13.6. The third-order valence-electron chi connectivity index (χ3n) is 4.27. The second-order valence-electron chi connectivity index (χ2n) is 6.16. The van der Waals surface area contributed by atoms with Gasteiger partial charge in [-0.25, -0.2) is 13.2 Å². The third kappa shape index (κ3) is 3.94. The molecule has 0 saturated carbocycles. The van der Waals surface area contributed by atoms with E-state index < -0.39 is 47.3 Å². The Bertz CT molecular complexity index is 1060. The quantitative estimate of drug-likeness (QED) is 0.346. The molecule has 3 rings (SSSR count). The molecule has 0 atom stereocenters. The van der Waals surface area contributed by atoms with E-state index in [1.807, 2.05) is 19.9 Å². The Labute approximate surface area is 161 Å². The van der Waals surface area contributed by atoms with Crippen molar-refractivity contribution in [2.45, 2.75) is 20.5 Å². The van der Waals surface area contributed by atoms with Crippen LogP contribution in [0.3, 0.4) is 0 Å². The van der Waals surface area contributed by atoms with Crippen molar-refractivity contribution in [2.75, 3.05) is 5.32 Å². The first kappa shape index (κ1) is 20.4. The number of rotatable bonds is 5. The summed E-state index contributed by atoms with van der Waals surface area (Å²) in [7, 11) is 0. The van der Waals surface area contributed by atoms with E-state index in [9.17, 15) is 26.7 Å². The molecule has 152 valence electrons. The SMILES string of the molecule is Cc1cccc(NC(=O)c2ccc(COc3c(F)c(F)c(F)c(F)c3F)o2)c1C. The van der Waals surface area contributed by atoms with Crippen molar-refractivity contribution in [3.8, 4) is 5.75 Å². The number of nitrogens with one attached hydrogen (secondary N) is 1. The Morgan fingerprint density at radius 3 is 2.21 bits per heavy atom. The number of furan rings is 1. The van der Waals surface area contributed by atoms with E-state index in [4.69, 9.17) is 9.15 Å². The molecule has 0 aliphatic rings. The maximum Gasteiger partial charge on any atom is 0.291 e. The fraction of sp³-hybridized carbons (Fsp3) is 0.150. The molecule has 1 amide bonds. The van der Waals surface area contributed by atoms with Gasteiger partial charge in [-0.15, -0.1) is 0 Å². The van der Waals surface area contributed by atoms with E-state index in [0.29, 0.717) is 5.69 Å². The van der Waals surface area contributed by atoms with Gasteiger partial charge in [0.05, 0.1) is 0 Å². The summed E-state index contributed by atoms with van der Waals surface area (Å²) in [6.07, 6.45) is 0. The average molecular weight is 411 g/mol. The van der Waals surface area contributed by atoms with Crippen molar-refractivity contribution in [1.29, 1.82) is 0 Å². The lowest BCUT2D eigenvalue weighted by Gasteiger charge is -2.09. The van der Waals surface area contributed by atoms with E-state index >= 15 is 0 Å². The van der Waals surface area contributed by atoms with Gasteiger partial charge in [0.15, 0.2) is 11.5 Å². The molecule has 0 unspecified atom stereocenters. The van der Waals surface area contributed by atoms with Crippen LogP contribution in [0.15, 0.2) is 34.7 Å². The molecular formula is C20H14F5NO3. The van der Waals surface area contributed by atoms with Crippen molar-refractivity contribution in [2.24, 2.45) is 0 Å². The van der Waals surface area contributed by atoms with Crippen LogP contribution in [-0.2, 0) is 6.61 Å². The molecule has 3 aromatic rings. The fourth-order valence-corrected chi connectivity index (χ4v) is 2.50. The topological polar surface area (TPSA) is 51.5 Å². The zero-order valence-electron chi connectivity index (χ0n) is 15.2. The second kappa shape index (κ2) is 7.94. The van der Waals surface area contributed by atoms with Crippen LogP contribution in [0.25, 0.3) is 0 Å². The molecule has 0 aliphatic heterocycles. The van der Waals surface area contributed by atoms with Crippen molar-refractivity contribution in [1.82, 2.24) is 0 Å². The molecule has 2 aromatic carbocycles. The van der Waals surface area contributed by atoms with E-state index in [-0.39, 0.29) is 11.5 Å². The van der Waals surface area contributed by atoms with Gasteiger partial charge in [-0.3, -0.25) is 4.79 Å². The van der Waals surface area contributed by atoms with Crippen LogP contribution in [0.2, 0.25) is 0 Å². The number of hydrogen-bond donors (Lipinski definition) is 1. The smallest absolute Gasteiger partial charge is 0.291 e. The summed E-state index contributed by atoms with van der Waals surface area (Å²) in [6.45, 7) is 3.05. The molecule has 0 spiro atoms. The minimum Gasteiger partial charge on any atom is -0.479 e. The molecule has 1 aromatic heterocycles. The lowest BCUT2D eigenvalue weighted by atomic mass is 10.1. The Morgan fingerprint density at radius 1 is 0.931 bits per heavy atom. The molecule has 0 fully saturated rings. The first-order valence-corrected chi connectivity index (χ1v) is 8.31. The predicted molar refractivity (Wildman–Crippen MR) is 93.1 cm³/mol. The maximum atomic E-state index is 13.6. The number of benzene rings is 2. The van der Waals surface area contributed by atoms with Crippen molar-refractivity contribution in [3.05, 3.63) is 82.1 Å². The van der Waals surface area contributed by atoms with Gasteiger partial charge in [-0.2, -0.15) is 8.78 Å². The van der Waals surface area contributed by atoms with Gasteiger partial charge >= 0.3 is 0 Å². The van der Waals surface area contributed by atoms with Crippen LogP contribution < -0.4 is 10.1 Å². The fourth-order valence-electron chi connectivity index (χ4n) is 2.50. The molecule has 9 heteroatoms. The van der Waals surface area contributed by atoms with Crippen LogP contribution in [0.1, 0.15) is 27.4 Å². The molecule has 0 radical (unpaired) electrons. The highest BCUT2D eigenvalue weighted by molar-refractivity contribution is 6.02. The molecule has 1 heterocycles. The van der Waals surface area contributed by atoms with Crippen LogP contribution >= 0.6 is 0 Å². The van der Waals surface area contributed by atoms with E-state index in [1.165, 1.54) is 12.1 Å². The van der Waals surface area contributed by atoms with Gasteiger partial charge in [-0.05, 0) is 43.2 Å². The summed E-state index contributed by atoms with van der Waals surface area (Å²) in [6, 6.07) is 7.92. The van der Waals surface area contributed by atoms with Gasteiger partial charge in [0.1, 0.15) is 12.4 Å². The van der Waals surface area contributed by atoms with Gasteiger partial charge in [0, 0.05) is 5.69 Å².